The summed E-state index contributed by atoms with van der Waals surface area (Å²) in [5.74, 6) is -2.23. The average molecular weight is 218 g/mol. The largest absolute Gasteiger partial charge is 0.476 e. The first kappa shape index (κ1) is 10.2. The van der Waals surface area contributed by atoms with Crippen LogP contribution in [-0.4, -0.2) is 21.0 Å². The number of nitrogens with zero attached hydrogens (tertiary/aromatic N) is 2. The van der Waals surface area contributed by atoms with Crippen molar-refractivity contribution in [2.75, 3.05) is 0 Å². The number of aromatic nitrogens is 2. The van der Waals surface area contributed by atoms with E-state index in [1.807, 2.05) is 0 Å². The highest BCUT2D eigenvalue weighted by molar-refractivity contribution is 5.86. The fourth-order valence-electron chi connectivity index (χ4n) is 1.29. The Labute approximate surface area is 90.4 Å². The SMILES string of the molecule is O=C(O)c1ncc(-c2cccnc2)cc1F. The molecular weight excluding hydrogens is 211 g/mol. The molecule has 0 saturated heterocycles. The minimum Gasteiger partial charge on any atom is -0.476 e. The summed E-state index contributed by atoms with van der Waals surface area (Å²) in [4.78, 5) is 18.0. The summed E-state index contributed by atoms with van der Waals surface area (Å²) >= 11 is 0. The predicted octanol–water partition coefficient (Wildman–Crippen LogP) is 1.98. The molecule has 0 aliphatic rings. The quantitative estimate of drug-likeness (QED) is 0.837. The van der Waals surface area contributed by atoms with Crippen LogP contribution in [0.1, 0.15) is 10.5 Å². The zero-order valence-electron chi connectivity index (χ0n) is 8.09. The molecule has 0 saturated carbocycles. The summed E-state index contributed by atoms with van der Waals surface area (Å²) in [6, 6.07) is 4.58. The second-order valence-electron chi connectivity index (χ2n) is 3.10. The molecule has 1 N–H and O–H groups in total. The standard InChI is InChI=1S/C11H7FN2O2/c12-9-4-8(6-14-10(9)11(15)16)7-2-1-3-13-5-7/h1-6H,(H,15,16). The fourth-order valence-corrected chi connectivity index (χ4v) is 1.29. The first-order chi connectivity index (χ1) is 7.68. The highest BCUT2D eigenvalue weighted by atomic mass is 19.1. The normalized spacial score (nSPS) is 10.1. The smallest absolute Gasteiger partial charge is 0.357 e. The van der Waals surface area contributed by atoms with Crippen molar-refractivity contribution in [2.24, 2.45) is 0 Å². The minimum absolute atomic E-state index is 0.496. The molecule has 0 amide bonds. The number of carbonyl (C=O) groups is 1. The van der Waals surface area contributed by atoms with E-state index in [1.165, 1.54) is 6.20 Å². The zero-order chi connectivity index (χ0) is 11.5. The van der Waals surface area contributed by atoms with E-state index in [1.54, 1.807) is 24.5 Å². The second-order valence-corrected chi connectivity index (χ2v) is 3.10. The van der Waals surface area contributed by atoms with Crippen LogP contribution in [0.25, 0.3) is 11.1 Å². The van der Waals surface area contributed by atoms with Crippen LogP contribution in [-0.2, 0) is 0 Å². The molecule has 0 bridgehead atoms. The lowest BCUT2D eigenvalue weighted by atomic mass is 10.1. The van der Waals surface area contributed by atoms with Crippen molar-refractivity contribution in [2.45, 2.75) is 0 Å². The molecule has 2 aromatic rings. The highest BCUT2D eigenvalue weighted by Crippen LogP contribution is 2.18. The number of halogens is 1. The summed E-state index contributed by atoms with van der Waals surface area (Å²) in [5, 5.41) is 8.61. The van der Waals surface area contributed by atoms with Gasteiger partial charge in [-0.3, -0.25) is 4.98 Å². The van der Waals surface area contributed by atoms with Gasteiger partial charge in [0.1, 0.15) is 0 Å². The van der Waals surface area contributed by atoms with Gasteiger partial charge in [0.15, 0.2) is 11.5 Å². The third-order valence-electron chi connectivity index (χ3n) is 2.04. The molecule has 5 heteroatoms. The number of rotatable bonds is 2. The van der Waals surface area contributed by atoms with Gasteiger partial charge < -0.3 is 5.11 Å². The van der Waals surface area contributed by atoms with E-state index >= 15 is 0 Å². The Bertz CT molecular complexity index is 529. The van der Waals surface area contributed by atoms with Crippen molar-refractivity contribution in [1.82, 2.24) is 9.97 Å². The van der Waals surface area contributed by atoms with E-state index < -0.39 is 17.5 Å². The predicted molar refractivity (Wildman–Crippen MR) is 54.4 cm³/mol. The number of hydrogen-bond donors (Lipinski definition) is 1. The van der Waals surface area contributed by atoms with E-state index in [-0.39, 0.29) is 0 Å². The van der Waals surface area contributed by atoms with Gasteiger partial charge in [-0.15, -0.1) is 0 Å². The summed E-state index contributed by atoms with van der Waals surface area (Å²) < 4.78 is 13.3. The lowest BCUT2D eigenvalue weighted by Gasteiger charge is -2.01. The van der Waals surface area contributed by atoms with Crippen molar-refractivity contribution in [1.29, 1.82) is 0 Å². The van der Waals surface area contributed by atoms with E-state index in [0.29, 0.717) is 11.1 Å². The van der Waals surface area contributed by atoms with E-state index in [2.05, 4.69) is 9.97 Å². The summed E-state index contributed by atoms with van der Waals surface area (Å²) in [7, 11) is 0. The molecule has 2 aromatic heterocycles. The molecule has 0 aromatic carbocycles. The molecule has 0 atom stereocenters. The molecule has 0 unspecified atom stereocenters. The Morgan fingerprint density at radius 1 is 1.31 bits per heavy atom. The Kier molecular flexibility index (Phi) is 2.59. The Balaban J connectivity index is 2.46. The van der Waals surface area contributed by atoms with Crippen molar-refractivity contribution in [3.63, 3.8) is 0 Å². The topological polar surface area (TPSA) is 63.1 Å². The molecule has 0 aliphatic carbocycles. The maximum atomic E-state index is 13.3. The maximum Gasteiger partial charge on any atom is 0.357 e. The van der Waals surface area contributed by atoms with Gasteiger partial charge in [-0.05, 0) is 12.1 Å². The van der Waals surface area contributed by atoms with Crippen molar-refractivity contribution in [3.8, 4) is 11.1 Å². The monoisotopic (exact) mass is 218 g/mol. The Hall–Kier alpha value is -2.30. The van der Waals surface area contributed by atoms with Crippen LogP contribution in [0.4, 0.5) is 4.39 Å². The fraction of sp³-hybridized carbons (Fsp3) is 0. The van der Waals surface area contributed by atoms with Crippen LogP contribution in [0, 0.1) is 5.82 Å². The van der Waals surface area contributed by atoms with Gasteiger partial charge in [-0.25, -0.2) is 14.2 Å². The molecule has 2 rings (SSSR count). The molecule has 0 spiro atoms. The van der Waals surface area contributed by atoms with E-state index in [9.17, 15) is 9.18 Å². The lowest BCUT2D eigenvalue weighted by Crippen LogP contribution is -2.03. The summed E-state index contributed by atoms with van der Waals surface area (Å²) in [6.07, 6.45) is 4.46. The molecule has 2 heterocycles. The number of carboxylic acids is 1. The minimum atomic E-state index is -1.38. The summed E-state index contributed by atoms with van der Waals surface area (Å²) in [6.45, 7) is 0. The Morgan fingerprint density at radius 3 is 2.69 bits per heavy atom. The molecule has 0 aliphatic heterocycles. The van der Waals surface area contributed by atoms with Gasteiger partial charge in [0.05, 0.1) is 0 Å². The van der Waals surface area contributed by atoms with Crippen LogP contribution in [0.2, 0.25) is 0 Å². The lowest BCUT2D eigenvalue weighted by molar-refractivity contribution is 0.0685. The van der Waals surface area contributed by atoms with Gasteiger partial charge in [-0.2, -0.15) is 0 Å². The van der Waals surface area contributed by atoms with Gasteiger partial charge in [0, 0.05) is 29.7 Å². The van der Waals surface area contributed by atoms with Crippen LogP contribution in [0.5, 0.6) is 0 Å². The number of carboxylic acid groups (broad SMARTS) is 1. The number of aromatic carboxylic acids is 1. The van der Waals surface area contributed by atoms with Crippen molar-refractivity contribution in [3.05, 3.63) is 48.3 Å². The van der Waals surface area contributed by atoms with E-state index in [4.69, 9.17) is 5.11 Å². The third kappa shape index (κ3) is 1.88. The van der Waals surface area contributed by atoms with Gasteiger partial charge >= 0.3 is 5.97 Å². The van der Waals surface area contributed by atoms with Crippen molar-refractivity contribution >= 4 is 5.97 Å². The molecule has 0 radical (unpaired) electrons. The first-order valence-corrected chi connectivity index (χ1v) is 4.47. The van der Waals surface area contributed by atoms with Crippen LogP contribution in [0.15, 0.2) is 36.8 Å². The number of pyridine rings is 2. The number of hydrogen-bond acceptors (Lipinski definition) is 3. The maximum absolute atomic E-state index is 13.3. The van der Waals surface area contributed by atoms with Gasteiger partial charge in [-0.1, -0.05) is 6.07 Å². The molecular formula is C11H7FN2O2. The molecule has 80 valence electrons. The van der Waals surface area contributed by atoms with Crippen LogP contribution < -0.4 is 0 Å². The highest BCUT2D eigenvalue weighted by Gasteiger charge is 2.12. The Morgan fingerprint density at radius 2 is 2.12 bits per heavy atom. The molecule has 0 fully saturated rings. The summed E-state index contributed by atoms with van der Waals surface area (Å²) in [5.41, 5.74) is 0.606. The average Bonchev–Trinajstić information content (AvgIpc) is 2.29. The van der Waals surface area contributed by atoms with Crippen LogP contribution >= 0.6 is 0 Å². The zero-order valence-corrected chi connectivity index (χ0v) is 8.09. The van der Waals surface area contributed by atoms with E-state index in [0.717, 1.165) is 6.07 Å². The molecule has 4 nitrogen and oxygen atoms in total. The van der Waals surface area contributed by atoms with Gasteiger partial charge in [0.2, 0.25) is 0 Å². The first-order valence-electron chi connectivity index (χ1n) is 4.47. The molecule has 16 heavy (non-hydrogen) atoms. The van der Waals surface area contributed by atoms with Gasteiger partial charge in [0.25, 0.3) is 0 Å². The third-order valence-corrected chi connectivity index (χ3v) is 2.04. The van der Waals surface area contributed by atoms with Crippen molar-refractivity contribution < 1.29 is 14.3 Å². The second kappa shape index (κ2) is 4.06. The van der Waals surface area contributed by atoms with Crippen LogP contribution in [0.3, 0.4) is 0 Å².